The minimum absolute atomic E-state index is 0.533. The van der Waals surface area contributed by atoms with Crippen LogP contribution in [0.2, 0.25) is 0 Å². The number of aldehydes is 1. The van der Waals surface area contributed by atoms with Crippen molar-refractivity contribution in [2.45, 2.75) is 0 Å². The molecule has 0 aromatic carbocycles. The highest BCUT2D eigenvalue weighted by molar-refractivity contribution is 5.73. The first-order valence-corrected chi connectivity index (χ1v) is 4.34. The lowest BCUT2D eigenvalue weighted by Crippen LogP contribution is -1.95. The maximum absolute atomic E-state index is 10.5. The van der Waals surface area contributed by atoms with Crippen LogP contribution in [-0.2, 0) is 0 Å². The first-order chi connectivity index (χ1) is 7.33. The molecule has 0 spiro atoms. The molecule has 15 heavy (non-hydrogen) atoms. The fourth-order valence-corrected chi connectivity index (χ4v) is 1.17. The number of carbonyl (C=O) groups is 1. The topological polar surface area (TPSA) is 57.0 Å². The molecule has 0 saturated carbocycles. The molecule has 0 N–H and O–H groups in total. The van der Waals surface area contributed by atoms with Gasteiger partial charge in [-0.25, -0.2) is 9.67 Å². The molecule has 2 heterocycles. The van der Waals surface area contributed by atoms with Crippen LogP contribution in [0.1, 0.15) is 10.4 Å². The van der Waals surface area contributed by atoms with Gasteiger partial charge in [0.15, 0.2) is 6.29 Å². The molecule has 2 aromatic heterocycles. The number of pyridine rings is 1. The van der Waals surface area contributed by atoms with Crippen molar-refractivity contribution in [1.29, 1.82) is 0 Å². The highest BCUT2D eigenvalue weighted by Crippen LogP contribution is 2.10. The lowest BCUT2D eigenvalue weighted by Gasteiger charge is -2.01. The molecule has 0 aliphatic rings. The normalized spacial score (nSPS) is 9.93. The fraction of sp³-hybridized carbons (Fsp3) is 0.100. The molecule has 0 fully saturated rings. The van der Waals surface area contributed by atoms with E-state index in [9.17, 15) is 4.79 Å². The average molecular weight is 203 g/mol. The van der Waals surface area contributed by atoms with E-state index in [2.05, 4.69) is 10.1 Å². The zero-order valence-electron chi connectivity index (χ0n) is 8.12. The Morgan fingerprint density at radius 3 is 2.80 bits per heavy atom. The van der Waals surface area contributed by atoms with Crippen molar-refractivity contribution < 1.29 is 9.53 Å². The van der Waals surface area contributed by atoms with E-state index in [1.165, 1.54) is 6.20 Å². The lowest BCUT2D eigenvalue weighted by atomic mass is 10.4. The van der Waals surface area contributed by atoms with Crippen LogP contribution in [0, 0.1) is 0 Å². The van der Waals surface area contributed by atoms with Gasteiger partial charge in [-0.3, -0.25) is 4.79 Å². The van der Waals surface area contributed by atoms with Gasteiger partial charge >= 0.3 is 0 Å². The molecule has 0 radical (unpaired) electrons. The number of nitrogens with zero attached hydrogens (tertiary/aromatic N) is 3. The second kappa shape index (κ2) is 3.91. The summed E-state index contributed by atoms with van der Waals surface area (Å²) in [6.45, 7) is 0. The summed E-state index contributed by atoms with van der Waals surface area (Å²) in [7, 11) is 1.56. The standard InChI is InChI=1S/C10H9N3O2/c1-15-10-3-2-9(5-11-10)13-6-8(7-14)4-12-13/h2-7H,1H3. The number of aromatic nitrogens is 3. The Hall–Kier alpha value is -2.17. The van der Waals surface area contributed by atoms with Crippen molar-refractivity contribution in [2.24, 2.45) is 0 Å². The zero-order valence-corrected chi connectivity index (χ0v) is 8.12. The molecule has 2 aromatic rings. The summed E-state index contributed by atoms with van der Waals surface area (Å²) in [5.74, 6) is 0.543. The van der Waals surface area contributed by atoms with Crippen molar-refractivity contribution in [3.63, 3.8) is 0 Å². The third-order valence-corrected chi connectivity index (χ3v) is 1.93. The van der Waals surface area contributed by atoms with Gasteiger partial charge in [0.25, 0.3) is 0 Å². The van der Waals surface area contributed by atoms with Crippen LogP contribution < -0.4 is 4.74 Å². The van der Waals surface area contributed by atoms with Crippen LogP contribution in [0.25, 0.3) is 5.69 Å². The number of ether oxygens (including phenoxy) is 1. The quantitative estimate of drug-likeness (QED) is 0.700. The van der Waals surface area contributed by atoms with Crippen LogP contribution in [-0.4, -0.2) is 28.2 Å². The fourth-order valence-electron chi connectivity index (χ4n) is 1.17. The molecule has 0 amide bonds. The monoisotopic (exact) mass is 203 g/mol. The van der Waals surface area contributed by atoms with Gasteiger partial charge in [-0.05, 0) is 6.07 Å². The number of hydrogen-bond acceptors (Lipinski definition) is 4. The number of hydrogen-bond donors (Lipinski definition) is 0. The molecule has 0 aliphatic heterocycles. The van der Waals surface area contributed by atoms with Crippen LogP contribution in [0.4, 0.5) is 0 Å². The van der Waals surface area contributed by atoms with Gasteiger partial charge in [-0.1, -0.05) is 0 Å². The SMILES string of the molecule is COc1ccc(-n2cc(C=O)cn2)cn1. The van der Waals surface area contributed by atoms with Crippen molar-refractivity contribution in [3.8, 4) is 11.6 Å². The smallest absolute Gasteiger partial charge is 0.213 e. The number of methoxy groups -OCH3 is 1. The van der Waals surface area contributed by atoms with Gasteiger partial charge in [0.05, 0.1) is 30.8 Å². The Morgan fingerprint density at radius 2 is 2.27 bits per heavy atom. The highest BCUT2D eigenvalue weighted by atomic mass is 16.5. The van der Waals surface area contributed by atoms with Crippen LogP contribution >= 0.6 is 0 Å². The van der Waals surface area contributed by atoms with E-state index < -0.39 is 0 Å². The third kappa shape index (κ3) is 1.85. The molecule has 0 bridgehead atoms. The number of carbonyl (C=O) groups excluding carboxylic acids is 1. The predicted molar refractivity (Wildman–Crippen MR) is 53.3 cm³/mol. The van der Waals surface area contributed by atoms with Crippen molar-refractivity contribution in [1.82, 2.24) is 14.8 Å². The van der Waals surface area contributed by atoms with E-state index in [-0.39, 0.29) is 0 Å². The first-order valence-electron chi connectivity index (χ1n) is 4.34. The Kier molecular flexibility index (Phi) is 2.45. The van der Waals surface area contributed by atoms with E-state index >= 15 is 0 Å². The summed E-state index contributed by atoms with van der Waals surface area (Å²) < 4.78 is 6.51. The van der Waals surface area contributed by atoms with E-state index in [1.807, 2.05) is 6.07 Å². The largest absolute Gasteiger partial charge is 0.481 e. The van der Waals surface area contributed by atoms with E-state index in [0.717, 1.165) is 12.0 Å². The van der Waals surface area contributed by atoms with E-state index in [1.54, 1.807) is 30.3 Å². The Morgan fingerprint density at radius 1 is 1.40 bits per heavy atom. The summed E-state index contributed by atoms with van der Waals surface area (Å²) in [5, 5.41) is 4.02. The molecule has 0 aliphatic carbocycles. The van der Waals surface area contributed by atoms with Gasteiger partial charge < -0.3 is 4.74 Å². The molecule has 0 saturated heterocycles. The van der Waals surface area contributed by atoms with Gasteiger partial charge in [0.2, 0.25) is 5.88 Å². The van der Waals surface area contributed by atoms with Gasteiger partial charge in [0.1, 0.15) is 0 Å². The van der Waals surface area contributed by atoms with E-state index in [0.29, 0.717) is 11.4 Å². The second-order valence-electron chi connectivity index (χ2n) is 2.89. The second-order valence-corrected chi connectivity index (χ2v) is 2.89. The van der Waals surface area contributed by atoms with Crippen molar-refractivity contribution in [2.75, 3.05) is 7.11 Å². The maximum Gasteiger partial charge on any atom is 0.213 e. The Balaban J connectivity index is 2.32. The summed E-state index contributed by atoms with van der Waals surface area (Å²) in [6, 6.07) is 3.55. The Labute approximate surface area is 86.3 Å². The summed E-state index contributed by atoms with van der Waals surface area (Å²) in [6.07, 6.45) is 5.51. The Bertz CT molecular complexity index is 462. The molecule has 2 rings (SSSR count). The summed E-state index contributed by atoms with van der Waals surface area (Å²) in [4.78, 5) is 14.5. The first kappa shape index (κ1) is 9.39. The summed E-state index contributed by atoms with van der Waals surface area (Å²) >= 11 is 0. The van der Waals surface area contributed by atoms with E-state index in [4.69, 9.17) is 4.74 Å². The molecular weight excluding hydrogens is 194 g/mol. The predicted octanol–water partition coefficient (Wildman–Crippen LogP) is 1.09. The van der Waals surface area contributed by atoms with Crippen LogP contribution in [0.5, 0.6) is 5.88 Å². The molecular formula is C10H9N3O2. The summed E-state index contributed by atoms with van der Waals surface area (Å²) in [5.41, 5.74) is 1.31. The molecule has 0 atom stereocenters. The van der Waals surface area contributed by atoms with Gasteiger partial charge in [-0.2, -0.15) is 5.10 Å². The molecule has 5 nitrogen and oxygen atoms in total. The average Bonchev–Trinajstić information content (AvgIpc) is 2.78. The van der Waals surface area contributed by atoms with Gasteiger partial charge in [-0.15, -0.1) is 0 Å². The van der Waals surface area contributed by atoms with Crippen molar-refractivity contribution >= 4 is 6.29 Å². The zero-order chi connectivity index (χ0) is 10.7. The minimum Gasteiger partial charge on any atom is -0.481 e. The minimum atomic E-state index is 0.533. The highest BCUT2D eigenvalue weighted by Gasteiger charge is 2.00. The van der Waals surface area contributed by atoms with Crippen LogP contribution in [0.3, 0.4) is 0 Å². The molecule has 0 unspecified atom stereocenters. The molecule has 5 heteroatoms. The van der Waals surface area contributed by atoms with Crippen molar-refractivity contribution in [3.05, 3.63) is 36.3 Å². The lowest BCUT2D eigenvalue weighted by molar-refractivity contribution is 0.112. The molecule has 76 valence electrons. The maximum atomic E-state index is 10.5. The van der Waals surface area contributed by atoms with Crippen LogP contribution in [0.15, 0.2) is 30.7 Å². The third-order valence-electron chi connectivity index (χ3n) is 1.93. The number of rotatable bonds is 3. The van der Waals surface area contributed by atoms with Gasteiger partial charge in [0, 0.05) is 12.3 Å².